The lowest BCUT2D eigenvalue weighted by Gasteiger charge is -2.20. The first-order valence-corrected chi connectivity index (χ1v) is 12.0. The van der Waals surface area contributed by atoms with E-state index in [1.807, 2.05) is 6.07 Å². The van der Waals surface area contributed by atoms with Crippen LogP contribution in [0.15, 0.2) is 85.3 Å². The van der Waals surface area contributed by atoms with Gasteiger partial charge in [-0.05, 0) is 53.6 Å². The van der Waals surface area contributed by atoms with Gasteiger partial charge in [0.15, 0.2) is 11.8 Å². The summed E-state index contributed by atoms with van der Waals surface area (Å²) >= 11 is 6.39. The van der Waals surface area contributed by atoms with Crippen molar-refractivity contribution in [2.75, 3.05) is 5.32 Å². The Morgan fingerprint density at radius 2 is 1.89 bits per heavy atom. The van der Waals surface area contributed by atoms with Crippen LogP contribution in [0, 0.1) is 5.82 Å². The number of hydrogen-bond acceptors (Lipinski definition) is 5. The summed E-state index contributed by atoms with van der Waals surface area (Å²) in [5, 5.41) is 20.8. The van der Waals surface area contributed by atoms with E-state index in [-0.39, 0.29) is 16.3 Å². The summed E-state index contributed by atoms with van der Waals surface area (Å²) < 4.78 is 15.8. The standard InChI is InChI=1S/C28H19ClFN5O3/c29-21-8-7-18(30)12-19(21)25-24-20(27(37)34-25)10-17(16-6-9-23-31-14-32-35(23)13-16)11-22(24)33-28(38)26(36)15-4-2-1-3-5-15/h1-14,25-26,36H,(H,33,38)(H,34,37). The van der Waals surface area contributed by atoms with E-state index in [1.54, 1.807) is 59.2 Å². The smallest absolute Gasteiger partial charge is 0.257 e. The van der Waals surface area contributed by atoms with E-state index in [9.17, 15) is 19.1 Å². The number of fused-ring (bicyclic) bond motifs is 2. The number of aliphatic hydroxyl groups is 1. The summed E-state index contributed by atoms with van der Waals surface area (Å²) in [6, 6.07) is 18.6. The first kappa shape index (κ1) is 23.8. The summed E-state index contributed by atoms with van der Waals surface area (Å²) in [5.41, 5.74) is 3.71. The molecule has 0 fully saturated rings. The number of carbonyl (C=O) groups excluding carboxylic acids is 2. The SMILES string of the molecule is O=C1NC(c2cc(F)ccc2Cl)c2c(NC(=O)C(O)c3ccccc3)cc(-c3ccc4ncnn4c3)cc21. The molecule has 0 saturated heterocycles. The van der Waals surface area contributed by atoms with Crippen LogP contribution in [-0.4, -0.2) is 31.5 Å². The first-order valence-electron chi connectivity index (χ1n) is 11.7. The molecule has 38 heavy (non-hydrogen) atoms. The molecule has 1 aliphatic heterocycles. The quantitative estimate of drug-likeness (QED) is 0.307. The third-order valence-corrected chi connectivity index (χ3v) is 6.83. The molecule has 0 saturated carbocycles. The van der Waals surface area contributed by atoms with Crippen LogP contribution in [0.5, 0.6) is 0 Å². The maximum Gasteiger partial charge on any atom is 0.257 e. The van der Waals surface area contributed by atoms with Gasteiger partial charge in [-0.2, -0.15) is 5.10 Å². The molecule has 2 unspecified atom stereocenters. The number of aliphatic hydroxyl groups excluding tert-OH is 1. The summed E-state index contributed by atoms with van der Waals surface area (Å²) in [6.07, 6.45) is 1.73. The molecule has 0 radical (unpaired) electrons. The molecular weight excluding hydrogens is 509 g/mol. The lowest BCUT2D eigenvalue weighted by molar-refractivity contribution is -0.124. The fourth-order valence-corrected chi connectivity index (χ4v) is 4.87. The second kappa shape index (κ2) is 9.37. The predicted molar refractivity (Wildman–Crippen MR) is 139 cm³/mol. The number of halogens is 2. The van der Waals surface area contributed by atoms with Gasteiger partial charge in [0.1, 0.15) is 12.1 Å². The average Bonchev–Trinajstić information content (AvgIpc) is 3.54. The number of carbonyl (C=O) groups is 2. The number of nitrogens with one attached hydrogen (secondary N) is 2. The van der Waals surface area contributed by atoms with Crippen LogP contribution in [0.3, 0.4) is 0 Å². The zero-order chi connectivity index (χ0) is 26.4. The molecule has 8 nitrogen and oxygen atoms in total. The van der Waals surface area contributed by atoms with E-state index in [1.165, 1.54) is 24.5 Å². The highest BCUT2D eigenvalue weighted by Gasteiger charge is 2.35. The van der Waals surface area contributed by atoms with E-state index in [0.29, 0.717) is 33.5 Å². The predicted octanol–water partition coefficient (Wildman–Crippen LogP) is 4.69. The van der Waals surface area contributed by atoms with Gasteiger partial charge in [0.25, 0.3) is 11.8 Å². The Balaban J connectivity index is 1.49. The molecule has 1 aliphatic rings. The molecule has 2 atom stereocenters. The first-order chi connectivity index (χ1) is 18.4. The van der Waals surface area contributed by atoms with Crippen molar-refractivity contribution >= 4 is 34.7 Å². The van der Waals surface area contributed by atoms with Gasteiger partial charge < -0.3 is 15.7 Å². The molecule has 3 N–H and O–H groups in total. The van der Waals surface area contributed by atoms with Crippen molar-refractivity contribution in [1.82, 2.24) is 19.9 Å². The van der Waals surface area contributed by atoms with Crippen LogP contribution < -0.4 is 10.6 Å². The van der Waals surface area contributed by atoms with Crippen LogP contribution in [0.25, 0.3) is 16.8 Å². The molecule has 2 aromatic heterocycles. The molecule has 0 bridgehead atoms. The van der Waals surface area contributed by atoms with Crippen LogP contribution in [-0.2, 0) is 4.79 Å². The van der Waals surface area contributed by atoms with E-state index < -0.39 is 29.8 Å². The Morgan fingerprint density at radius 3 is 2.71 bits per heavy atom. The minimum Gasteiger partial charge on any atom is -0.378 e. The number of hydrogen-bond donors (Lipinski definition) is 3. The van der Waals surface area contributed by atoms with Gasteiger partial charge in [-0.15, -0.1) is 0 Å². The zero-order valence-electron chi connectivity index (χ0n) is 19.6. The summed E-state index contributed by atoms with van der Waals surface area (Å²) in [5.74, 6) is -1.62. The fraction of sp³-hybridized carbons (Fsp3) is 0.0714. The van der Waals surface area contributed by atoms with Gasteiger partial charge in [-0.25, -0.2) is 13.9 Å². The number of anilines is 1. The molecule has 188 valence electrons. The molecule has 10 heteroatoms. The number of pyridine rings is 1. The van der Waals surface area contributed by atoms with Crippen molar-refractivity contribution in [2.45, 2.75) is 12.1 Å². The highest BCUT2D eigenvalue weighted by atomic mass is 35.5. The highest BCUT2D eigenvalue weighted by molar-refractivity contribution is 6.31. The maximum atomic E-state index is 14.2. The lowest BCUT2D eigenvalue weighted by Crippen LogP contribution is -2.23. The second-order valence-corrected chi connectivity index (χ2v) is 9.25. The number of nitrogens with zero attached hydrogens (tertiary/aromatic N) is 3. The molecule has 3 aromatic carbocycles. The van der Waals surface area contributed by atoms with Crippen molar-refractivity contribution in [3.05, 3.63) is 118 Å². The third-order valence-electron chi connectivity index (χ3n) is 6.49. The molecule has 3 heterocycles. The van der Waals surface area contributed by atoms with Crippen molar-refractivity contribution in [1.29, 1.82) is 0 Å². The van der Waals surface area contributed by atoms with Gasteiger partial charge in [-0.3, -0.25) is 9.59 Å². The molecular formula is C28H19ClFN5O3. The van der Waals surface area contributed by atoms with Crippen LogP contribution >= 0.6 is 11.6 Å². The van der Waals surface area contributed by atoms with Crippen LogP contribution in [0.1, 0.15) is 39.2 Å². The largest absolute Gasteiger partial charge is 0.378 e. The summed E-state index contributed by atoms with van der Waals surface area (Å²) in [7, 11) is 0. The zero-order valence-corrected chi connectivity index (χ0v) is 20.4. The van der Waals surface area contributed by atoms with E-state index in [0.717, 1.165) is 0 Å². The maximum absolute atomic E-state index is 14.2. The van der Waals surface area contributed by atoms with Crippen LogP contribution in [0.2, 0.25) is 5.02 Å². The molecule has 2 amide bonds. The Kier molecular flexibility index (Phi) is 5.86. The molecule has 0 aliphatic carbocycles. The van der Waals surface area contributed by atoms with Crippen molar-refractivity contribution in [3.63, 3.8) is 0 Å². The second-order valence-electron chi connectivity index (χ2n) is 8.84. The van der Waals surface area contributed by atoms with Crippen LogP contribution in [0.4, 0.5) is 10.1 Å². The van der Waals surface area contributed by atoms with Gasteiger partial charge in [0.05, 0.1) is 6.04 Å². The Labute approximate surface area is 220 Å². The average molecular weight is 528 g/mol. The normalized spacial score (nSPS) is 15.2. The number of amides is 2. The summed E-state index contributed by atoms with van der Waals surface area (Å²) in [4.78, 5) is 30.5. The molecule has 6 rings (SSSR count). The Morgan fingerprint density at radius 1 is 1.08 bits per heavy atom. The van der Waals surface area contributed by atoms with Gasteiger partial charge in [0, 0.05) is 39.2 Å². The topological polar surface area (TPSA) is 109 Å². The van der Waals surface area contributed by atoms with Gasteiger partial charge >= 0.3 is 0 Å². The summed E-state index contributed by atoms with van der Waals surface area (Å²) in [6.45, 7) is 0. The van der Waals surface area contributed by atoms with Crippen molar-refractivity contribution in [3.8, 4) is 11.1 Å². The Hall–Kier alpha value is -4.60. The van der Waals surface area contributed by atoms with Crippen molar-refractivity contribution in [2.24, 2.45) is 0 Å². The molecule has 0 spiro atoms. The highest BCUT2D eigenvalue weighted by Crippen LogP contribution is 2.42. The fourth-order valence-electron chi connectivity index (χ4n) is 4.65. The number of aromatic nitrogens is 3. The van der Waals surface area contributed by atoms with Crippen molar-refractivity contribution < 1.29 is 19.1 Å². The number of rotatable bonds is 5. The van der Waals surface area contributed by atoms with Gasteiger partial charge in [-0.1, -0.05) is 41.9 Å². The third kappa shape index (κ3) is 4.17. The van der Waals surface area contributed by atoms with E-state index >= 15 is 0 Å². The lowest BCUT2D eigenvalue weighted by atomic mass is 9.93. The minimum atomic E-state index is -1.46. The monoisotopic (exact) mass is 527 g/mol. The Bertz CT molecular complexity index is 1720. The minimum absolute atomic E-state index is 0.256. The molecule has 5 aromatic rings. The number of benzene rings is 3. The van der Waals surface area contributed by atoms with Gasteiger partial charge in [0.2, 0.25) is 0 Å². The van der Waals surface area contributed by atoms with E-state index in [4.69, 9.17) is 11.6 Å². The van der Waals surface area contributed by atoms with E-state index in [2.05, 4.69) is 20.7 Å².